The van der Waals surface area contributed by atoms with Crippen molar-refractivity contribution in [2.24, 2.45) is 0 Å². The summed E-state index contributed by atoms with van der Waals surface area (Å²) in [5, 5.41) is 3.48. The van der Waals surface area contributed by atoms with Crippen LogP contribution in [0.4, 0.5) is 5.69 Å². The van der Waals surface area contributed by atoms with Crippen molar-refractivity contribution in [2.45, 2.75) is 26.8 Å². The van der Waals surface area contributed by atoms with E-state index >= 15 is 0 Å². The summed E-state index contributed by atoms with van der Waals surface area (Å²) in [4.78, 5) is 0. The van der Waals surface area contributed by atoms with Gasteiger partial charge in [0.25, 0.3) is 0 Å². The zero-order chi connectivity index (χ0) is 13.7. The Balaban J connectivity index is 2.02. The van der Waals surface area contributed by atoms with Crippen LogP contribution < -0.4 is 5.32 Å². The summed E-state index contributed by atoms with van der Waals surface area (Å²) in [5.74, 6) is 0.676. The highest BCUT2D eigenvalue weighted by Crippen LogP contribution is 2.16. The molecule has 2 rings (SSSR count). The van der Waals surface area contributed by atoms with Crippen molar-refractivity contribution in [1.29, 1.82) is 0 Å². The van der Waals surface area contributed by atoms with E-state index in [2.05, 4.69) is 61.6 Å². The van der Waals surface area contributed by atoms with Crippen molar-refractivity contribution in [3.63, 3.8) is 0 Å². The first-order chi connectivity index (χ1) is 9.20. The lowest BCUT2D eigenvalue weighted by Crippen LogP contribution is -2.03. The lowest BCUT2D eigenvalue weighted by atomic mass is 10.0. The van der Waals surface area contributed by atoms with Crippen molar-refractivity contribution in [1.82, 2.24) is 0 Å². The van der Waals surface area contributed by atoms with Crippen LogP contribution in [-0.2, 0) is 13.0 Å². The number of anilines is 1. The second kappa shape index (κ2) is 6.63. The van der Waals surface area contributed by atoms with Crippen molar-refractivity contribution in [3.8, 4) is 0 Å². The molecule has 2 aromatic rings. The number of nitrogens with one attached hydrogen (secondary N) is 1. The van der Waals surface area contributed by atoms with E-state index in [1.54, 1.807) is 0 Å². The number of rotatable bonds is 5. The first-order valence-corrected chi connectivity index (χ1v) is 7.18. The molecule has 1 nitrogen and oxygen atoms in total. The van der Waals surface area contributed by atoms with E-state index in [0.29, 0.717) is 5.88 Å². The average molecular weight is 274 g/mol. The minimum Gasteiger partial charge on any atom is -0.381 e. The molecule has 19 heavy (non-hydrogen) atoms. The van der Waals surface area contributed by atoms with E-state index < -0.39 is 0 Å². The first kappa shape index (κ1) is 14.0. The van der Waals surface area contributed by atoms with Gasteiger partial charge in [0.05, 0.1) is 0 Å². The van der Waals surface area contributed by atoms with Crippen LogP contribution in [-0.4, -0.2) is 5.88 Å². The molecule has 0 heterocycles. The van der Waals surface area contributed by atoms with Gasteiger partial charge in [0.2, 0.25) is 0 Å². The maximum Gasteiger partial charge on any atom is 0.0406 e. The van der Waals surface area contributed by atoms with Gasteiger partial charge in [0.1, 0.15) is 0 Å². The van der Waals surface area contributed by atoms with Crippen LogP contribution in [0.1, 0.15) is 22.3 Å². The molecule has 0 saturated carbocycles. The van der Waals surface area contributed by atoms with Crippen LogP contribution in [0.15, 0.2) is 42.5 Å². The summed E-state index contributed by atoms with van der Waals surface area (Å²) in [6, 6.07) is 14.9. The molecule has 0 amide bonds. The molecule has 0 spiro atoms. The largest absolute Gasteiger partial charge is 0.381 e. The summed E-state index contributed by atoms with van der Waals surface area (Å²) in [6.45, 7) is 5.19. The van der Waals surface area contributed by atoms with Gasteiger partial charge in [-0.1, -0.05) is 30.3 Å². The normalized spacial score (nSPS) is 10.5. The summed E-state index contributed by atoms with van der Waals surface area (Å²) < 4.78 is 0. The fourth-order valence-electron chi connectivity index (χ4n) is 2.22. The van der Waals surface area contributed by atoms with E-state index in [4.69, 9.17) is 11.6 Å². The highest BCUT2D eigenvalue weighted by atomic mass is 35.5. The third kappa shape index (κ3) is 3.74. The monoisotopic (exact) mass is 273 g/mol. The number of halogens is 1. The van der Waals surface area contributed by atoms with E-state index in [1.165, 1.54) is 22.3 Å². The summed E-state index contributed by atoms with van der Waals surface area (Å²) in [6.07, 6.45) is 0.929. The van der Waals surface area contributed by atoms with Crippen molar-refractivity contribution in [3.05, 3.63) is 64.7 Å². The SMILES string of the molecule is Cc1cccc(C)c1CNc1ccc(CCCl)cc1. The Morgan fingerprint density at radius 1 is 0.947 bits per heavy atom. The first-order valence-electron chi connectivity index (χ1n) is 6.64. The topological polar surface area (TPSA) is 12.0 Å². The molecule has 0 saturated heterocycles. The summed E-state index contributed by atoms with van der Waals surface area (Å²) in [5.41, 5.74) is 6.50. The van der Waals surface area contributed by atoms with Crippen LogP contribution in [0.5, 0.6) is 0 Å². The van der Waals surface area contributed by atoms with Gasteiger partial charge >= 0.3 is 0 Å². The number of alkyl halides is 1. The Bertz CT molecular complexity index is 511. The lowest BCUT2D eigenvalue weighted by Gasteiger charge is -2.12. The molecule has 0 aromatic heterocycles. The van der Waals surface area contributed by atoms with Gasteiger partial charge in [-0.2, -0.15) is 0 Å². The maximum atomic E-state index is 5.74. The van der Waals surface area contributed by atoms with E-state index in [1.807, 2.05) is 0 Å². The molecular weight excluding hydrogens is 254 g/mol. The second-order valence-electron chi connectivity index (χ2n) is 4.86. The molecule has 0 fully saturated rings. The van der Waals surface area contributed by atoms with Gasteiger partial charge in [-0.05, 0) is 54.7 Å². The van der Waals surface area contributed by atoms with Crippen LogP contribution in [0.25, 0.3) is 0 Å². The molecule has 0 aliphatic rings. The number of aryl methyl sites for hydroxylation is 3. The van der Waals surface area contributed by atoms with Gasteiger partial charge < -0.3 is 5.32 Å². The smallest absolute Gasteiger partial charge is 0.0406 e. The average Bonchev–Trinajstić information content (AvgIpc) is 2.40. The Labute approximate surface area is 120 Å². The van der Waals surface area contributed by atoms with Crippen LogP contribution in [0, 0.1) is 13.8 Å². The van der Waals surface area contributed by atoms with E-state index in [-0.39, 0.29) is 0 Å². The van der Waals surface area contributed by atoms with Crippen LogP contribution in [0.2, 0.25) is 0 Å². The molecule has 0 unspecified atom stereocenters. The molecule has 0 radical (unpaired) electrons. The van der Waals surface area contributed by atoms with Gasteiger partial charge in [0.15, 0.2) is 0 Å². The second-order valence-corrected chi connectivity index (χ2v) is 5.24. The molecule has 0 aliphatic carbocycles. The minimum atomic E-state index is 0.676. The van der Waals surface area contributed by atoms with Gasteiger partial charge in [0, 0.05) is 18.1 Å². The van der Waals surface area contributed by atoms with Gasteiger partial charge in [-0.15, -0.1) is 11.6 Å². The van der Waals surface area contributed by atoms with Crippen molar-refractivity contribution < 1.29 is 0 Å². The van der Waals surface area contributed by atoms with Gasteiger partial charge in [-0.3, -0.25) is 0 Å². The number of hydrogen-bond donors (Lipinski definition) is 1. The third-order valence-corrected chi connectivity index (χ3v) is 3.64. The molecule has 1 N–H and O–H groups in total. The molecule has 100 valence electrons. The predicted molar refractivity (Wildman–Crippen MR) is 84.1 cm³/mol. The number of benzene rings is 2. The zero-order valence-corrected chi connectivity index (χ0v) is 12.3. The maximum absolute atomic E-state index is 5.74. The van der Waals surface area contributed by atoms with E-state index in [0.717, 1.165) is 18.7 Å². The lowest BCUT2D eigenvalue weighted by molar-refractivity contribution is 1.09. The predicted octanol–water partition coefficient (Wildman–Crippen LogP) is 4.70. The fourth-order valence-corrected chi connectivity index (χ4v) is 2.43. The summed E-state index contributed by atoms with van der Waals surface area (Å²) >= 11 is 5.74. The third-order valence-electron chi connectivity index (χ3n) is 3.45. The molecular formula is C17H20ClN. The quantitative estimate of drug-likeness (QED) is 0.779. The highest BCUT2D eigenvalue weighted by molar-refractivity contribution is 6.17. The number of hydrogen-bond acceptors (Lipinski definition) is 1. The Morgan fingerprint density at radius 3 is 2.16 bits per heavy atom. The standard InChI is InChI=1S/C17H20ClN/c1-13-4-3-5-14(2)17(13)12-19-16-8-6-15(7-9-16)10-11-18/h3-9,19H,10-12H2,1-2H3. The summed E-state index contributed by atoms with van der Waals surface area (Å²) in [7, 11) is 0. The molecule has 2 aromatic carbocycles. The highest BCUT2D eigenvalue weighted by Gasteiger charge is 2.01. The van der Waals surface area contributed by atoms with E-state index in [9.17, 15) is 0 Å². The Hall–Kier alpha value is -1.47. The molecule has 0 atom stereocenters. The van der Waals surface area contributed by atoms with Crippen molar-refractivity contribution in [2.75, 3.05) is 11.2 Å². The Morgan fingerprint density at radius 2 is 1.58 bits per heavy atom. The molecule has 0 aliphatic heterocycles. The molecule has 2 heteroatoms. The van der Waals surface area contributed by atoms with Crippen LogP contribution >= 0.6 is 11.6 Å². The minimum absolute atomic E-state index is 0.676. The van der Waals surface area contributed by atoms with Gasteiger partial charge in [-0.25, -0.2) is 0 Å². The molecule has 0 bridgehead atoms. The van der Waals surface area contributed by atoms with Crippen molar-refractivity contribution >= 4 is 17.3 Å². The zero-order valence-electron chi connectivity index (χ0n) is 11.5. The van der Waals surface area contributed by atoms with Crippen LogP contribution in [0.3, 0.4) is 0 Å². The Kier molecular flexibility index (Phi) is 4.86. The fraction of sp³-hybridized carbons (Fsp3) is 0.294.